The Morgan fingerprint density at radius 3 is 2.75 bits per heavy atom. The summed E-state index contributed by atoms with van der Waals surface area (Å²) in [7, 11) is 0. The Morgan fingerprint density at radius 2 is 2.06 bits per heavy atom. The number of nitrogens with one attached hydrogen (secondary N) is 1. The van der Waals surface area contributed by atoms with Crippen LogP contribution in [0.1, 0.15) is 39.5 Å². The zero-order chi connectivity index (χ0) is 11.2. The second-order valence-electron chi connectivity index (χ2n) is 6.62. The van der Waals surface area contributed by atoms with Crippen molar-refractivity contribution < 1.29 is 0 Å². The summed E-state index contributed by atoms with van der Waals surface area (Å²) in [6, 6.07) is 0.974. The van der Waals surface area contributed by atoms with E-state index in [1.807, 2.05) is 0 Å². The third kappa shape index (κ3) is 1.80. The molecule has 1 aliphatic carbocycles. The van der Waals surface area contributed by atoms with E-state index in [0.29, 0.717) is 5.41 Å². The highest BCUT2D eigenvalue weighted by Crippen LogP contribution is 2.48. The van der Waals surface area contributed by atoms with Crippen LogP contribution in [-0.4, -0.2) is 37.1 Å². The van der Waals surface area contributed by atoms with Gasteiger partial charge in [0.2, 0.25) is 0 Å². The quantitative estimate of drug-likeness (QED) is 0.770. The maximum absolute atomic E-state index is 3.61. The third-order valence-electron chi connectivity index (χ3n) is 5.23. The highest BCUT2D eigenvalue weighted by Gasteiger charge is 2.48. The molecule has 3 fully saturated rings. The fraction of sp³-hybridized carbons (Fsp3) is 1.00. The Balaban J connectivity index is 1.74. The number of rotatable bonds is 2. The second kappa shape index (κ2) is 3.99. The van der Waals surface area contributed by atoms with Crippen molar-refractivity contribution in [2.24, 2.45) is 17.3 Å². The van der Waals surface area contributed by atoms with Crippen LogP contribution in [0.15, 0.2) is 0 Å². The summed E-state index contributed by atoms with van der Waals surface area (Å²) in [6.45, 7) is 10.1. The third-order valence-corrected chi connectivity index (χ3v) is 5.23. The van der Waals surface area contributed by atoms with E-state index in [0.717, 1.165) is 17.9 Å². The van der Waals surface area contributed by atoms with Crippen LogP contribution in [0.3, 0.4) is 0 Å². The zero-order valence-corrected chi connectivity index (χ0v) is 10.8. The van der Waals surface area contributed by atoms with Gasteiger partial charge in [0.05, 0.1) is 0 Å². The lowest BCUT2D eigenvalue weighted by atomic mass is 9.66. The van der Waals surface area contributed by atoms with E-state index in [9.17, 15) is 0 Å². The van der Waals surface area contributed by atoms with Gasteiger partial charge in [-0.3, -0.25) is 4.90 Å². The number of likely N-dealkylation sites (tertiary alicyclic amines) is 1. The van der Waals surface area contributed by atoms with Gasteiger partial charge in [0, 0.05) is 12.6 Å². The summed E-state index contributed by atoms with van der Waals surface area (Å²) in [6.07, 6.45) is 5.83. The van der Waals surface area contributed by atoms with E-state index in [2.05, 4.69) is 24.1 Å². The maximum atomic E-state index is 3.61. The van der Waals surface area contributed by atoms with Gasteiger partial charge in [0.25, 0.3) is 0 Å². The number of piperidine rings is 1. The molecule has 3 aliphatic rings. The van der Waals surface area contributed by atoms with E-state index in [1.54, 1.807) is 0 Å². The zero-order valence-electron chi connectivity index (χ0n) is 10.8. The molecule has 2 unspecified atom stereocenters. The van der Waals surface area contributed by atoms with Gasteiger partial charge in [-0.1, -0.05) is 13.8 Å². The summed E-state index contributed by atoms with van der Waals surface area (Å²) in [5, 5.41) is 3.61. The van der Waals surface area contributed by atoms with E-state index >= 15 is 0 Å². The molecule has 2 atom stereocenters. The standard InChI is InChI=1S/C14H26N2/c1-11(2)13-9-15-7-5-14(13)6-8-16(10-14)12-3-4-12/h11-13,15H,3-10H2,1-2H3. The number of hydrogen-bond acceptors (Lipinski definition) is 2. The Bertz CT molecular complexity index is 259. The van der Waals surface area contributed by atoms with Crippen molar-refractivity contribution in [2.75, 3.05) is 26.2 Å². The van der Waals surface area contributed by atoms with Crippen LogP contribution in [0.4, 0.5) is 0 Å². The first kappa shape index (κ1) is 11.0. The SMILES string of the molecule is CC(C)C1CNCCC12CCN(C1CC1)C2. The van der Waals surface area contributed by atoms with Crippen molar-refractivity contribution in [2.45, 2.75) is 45.6 Å². The van der Waals surface area contributed by atoms with Gasteiger partial charge in [-0.25, -0.2) is 0 Å². The van der Waals surface area contributed by atoms with Crippen molar-refractivity contribution >= 4 is 0 Å². The molecule has 1 saturated carbocycles. The van der Waals surface area contributed by atoms with Gasteiger partial charge in [-0.15, -0.1) is 0 Å². The molecule has 3 rings (SSSR count). The maximum Gasteiger partial charge on any atom is 0.00966 e. The molecule has 0 radical (unpaired) electrons. The van der Waals surface area contributed by atoms with E-state index in [-0.39, 0.29) is 0 Å². The smallest absolute Gasteiger partial charge is 0.00966 e. The molecule has 0 aromatic rings. The number of nitrogens with zero attached hydrogens (tertiary/aromatic N) is 1. The van der Waals surface area contributed by atoms with E-state index in [4.69, 9.17) is 0 Å². The minimum absolute atomic E-state index is 0.669. The molecule has 0 aromatic carbocycles. The van der Waals surface area contributed by atoms with Gasteiger partial charge in [0.15, 0.2) is 0 Å². The average molecular weight is 222 g/mol. The minimum Gasteiger partial charge on any atom is -0.316 e. The van der Waals surface area contributed by atoms with Crippen LogP contribution in [-0.2, 0) is 0 Å². The lowest BCUT2D eigenvalue weighted by molar-refractivity contribution is 0.0768. The Morgan fingerprint density at radius 1 is 1.25 bits per heavy atom. The molecule has 0 bridgehead atoms. The molecular formula is C14H26N2. The van der Waals surface area contributed by atoms with E-state index in [1.165, 1.54) is 51.9 Å². The first-order valence-electron chi connectivity index (χ1n) is 7.16. The van der Waals surface area contributed by atoms with Crippen LogP contribution in [0.5, 0.6) is 0 Å². The molecule has 2 nitrogen and oxygen atoms in total. The molecule has 0 amide bonds. The highest BCUT2D eigenvalue weighted by atomic mass is 15.2. The summed E-state index contributed by atoms with van der Waals surface area (Å²) < 4.78 is 0. The fourth-order valence-corrected chi connectivity index (χ4v) is 4.13. The monoisotopic (exact) mass is 222 g/mol. The molecule has 16 heavy (non-hydrogen) atoms. The highest BCUT2D eigenvalue weighted by molar-refractivity contribution is 5.02. The van der Waals surface area contributed by atoms with Crippen molar-refractivity contribution in [1.29, 1.82) is 0 Å². The van der Waals surface area contributed by atoms with Crippen LogP contribution >= 0.6 is 0 Å². The molecule has 1 spiro atoms. The van der Waals surface area contributed by atoms with Crippen molar-refractivity contribution in [3.63, 3.8) is 0 Å². The fourth-order valence-electron chi connectivity index (χ4n) is 4.13. The van der Waals surface area contributed by atoms with Gasteiger partial charge >= 0.3 is 0 Å². The lowest BCUT2D eigenvalue weighted by Crippen LogP contribution is -2.48. The molecule has 0 aromatic heterocycles. The average Bonchev–Trinajstić information content (AvgIpc) is 3.03. The molecule has 2 heterocycles. The summed E-state index contributed by atoms with van der Waals surface area (Å²) in [5.74, 6) is 1.75. The first-order chi connectivity index (χ1) is 7.71. The Hall–Kier alpha value is -0.0800. The van der Waals surface area contributed by atoms with Crippen molar-refractivity contribution in [1.82, 2.24) is 10.2 Å². The summed E-state index contributed by atoms with van der Waals surface area (Å²) >= 11 is 0. The minimum atomic E-state index is 0.669. The van der Waals surface area contributed by atoms with Gasteiger partial charge in [-0.05, 0) is 62.6 Å². The molecule has 92 valence electrons. The predicted molar refractivity (Wildman–Crippen MR) is 67.5 cm³/mol. The normalized spacial score (nSPS) is 41.1. The van der Waals surface area contributed by atoms with Crippen LogP contribution in [0.25, 0.3) is 0 Å². The Labute approximate surface area is 99.8 Å². The Kier molecular flexibility index (Phi) is 2.75. The predicted octanol–water partition coefficient (Wildman–Crippen LogP) is 2.11. The summed E-state index contributed by atoms with van der Waals surface area (Å²) in [5.41, 5.74) is 0.669. The van der Waals surface area contributed by atoms with E-state index < -0.39 is 0 Å². The van der Waals surface area contributed by atoms with Gasteiger partial charge in [-0.2, -0.15) is 0 Å². The largest absolute Gasteiger partial charge is 0.316 e. The molecular weight excluding hydrogens is 196 g/mol. The number of hydrogen-bond donors (Lipinski definition) is 1. The molecule has 2 aliphatic heterocycles. The first-order valence-corrected chi connectivity index (χ1v) is 7.16. The molecule has 1 N–H and O–H groups in total. The topological polar surface area (TPSA) is 15.3 Å². The van der Waals surface area contributed by atoms with Crippen LogP contribution < -0.4 is 5.32 Å². The van der Waals surface area contributed by atoms with Crippen molar-refractivity contribution in [3.8, 4) is 0 Å². The van der Waals surface area contributed by atoms with Crippen molar-refractivity contribution in [3.05, 3.63) is 0 Å². The lowest BCUT2D eigenvalue weighted by Gasteiger charge is -2.44. The second-order valence-corrected chi connectivity index (χ2v) is 6.62. The van der Waals surface area contributed by atoms with Crippen LogP contribution in [0, 0.1) is 17.3 Å². The van der Waals surface area contributed by atoms with Gasteiger partial charge < -0.3 is 5.32 Å². The molecule has 2 saturated heterocycles. The van der Waals surface area contributed by atoms with Crippen LogP contribution in [0.2, 0.25) is 0 Å². The summed E-state index contributed by atoms with van der Waals surface area (Å²) in [4.78, 5) is 2.79. The van der Waals surface area contributed by atoms with Gasteiger partial charge in [0.1, 0.15) is 0 Å². The molecule has 2 heteroatoms.